The van der Waals surface area contributed by atoms with Gasteiger partial charge in [-0.25, -0.2) is 0 Å². The summed E-state index contributed by atoms with van der Waals surface area (Å²) in [5.74, 6) is 0. The molecule has 1 fully saturated rings. The maximum absolute atomic E-state index is 9.30. The molecule has 0 unspecified atom stereocenters. The predicted octanol–water partition coefficient (Wildman–Crippen LogP) is 1.82. The van der Waals surface area contributed by atoms with Gasteiger partial charge < -0.3 is 10.8 Å². The molecular weight excluding hydrogens is 186 g/mol. The predicted molar refractivity (Wildman–Crippen MR) is 61.6 cm³/mol. The molecule has 0 amide bonds. The van der Waals surface area contributed by atoms with E-state index in [0.717, 1.165) is 12.8 Å². The highest BCUT2D eigenvalue weighted by Crippen LogP contribution is 2.42. The van der Waals surface area contributed by atoms with Crippen molar-refractivity contribution in [3.05, 3.63) is 35.9 Å². The van der Waals surface area contributed by atoms with E-state index in [2.05, 4.69) is 24.3 Å². The Bertz CT molecular complexity index is 304. The van der Waals surface area contributed by atoms with E-state index in [1.54, 1.807) is 0 Å². The first kappa shape index (κ1) is 10.7. The van der Waals surface area contributed by atoms with E-state index in [0.29, 0.717) is 0 Å². The molecule has 0 bridgehead atoms. The largest absolute Gasteiger partial charge is 0.395 e. The molecule has 1 saturated carbocycles. The zero-order chi connectivity index (χ0) is 10.7. The molecule has 0 spiro atoms. The van der Waals surface area contributed by atoms with Gasteiger partial charge in [0.1, 0.15) is 0 Å². The lowest BCUT2D eigenvalue weighted by atomic mass is 9.73. The van der Waals surface area contributed by atoms with E-state index in [1.807, 2.05) is 6.07 Å². The number of hydrogen-bond acceptors (Lipinski definition) is 2. The van der Waals surface area contributed by atoms with Gasteiger partial charge in [-0.05, 0) is 18.4 Å². The van der Waals surface area contributed by atoms with Crippen LogP contribution in [0.2, 0.25) is 0 Å². The average Bonchev–Trinajstić information content (AvgIpc) is 2.79. The van der Waals surface area contributed by atoms with Crippen molar-refractivity contribution in [2.45, 2.75) is 37.1 Å². The highest BCUT2D eigenvalue weighted by molar-refractivity contribution is 5.29. The summed E-state index contributed by atoms with van der Waals surface area (Å²) in [6.07, 6.45) is 4.67. The lowest BCUT2D eigenvalue weighted by Crippen LogP contribution is -2.46. The van der Waals surface area contributed by atoms with Crippen LogP contribution >= 0.6 is 0 Å². The molecule has 0 radical (unpaired) electrons. The normalized spacial score (nSPS) is 21.5. The molecule has 1 atom stereocenters. The molecule has 3 N–H and O–H groups in total. The number of rotatable bonds is 3. The van der Waals surface area contributed by atoms with Gasteiger partial charge in [0.05, 0.1) is 6.61 Å². The molecule has 2 nitrogen and oxygen atoms in total. The SMILES string of the molecule is N[C@@H](CO)C1(c2ccccc2)CCCC1. The lowest BCUT2D eigenvalue weighted by Gasteiger charge is -2.34. The summed E-state index contributed by atoms with van der Waals surface area (Å²) in [5, 5.41) is 9.30. The van der Waals surface area contributed by atoms with Gasteiger partial charge in [0.15, 0.2) is 0 Å². The first-order chi connectivity index (χ1) is 7.29. The van der Waals surface area contributed by atoms with Gasteiger partial charge in [0.25, 0.3) is 0 Å². The molecule has 1 aliphatic carbocycles. The van der Waals surface area contributed by atoms with Gasteiger partial charge >= 0.3 is 0 Å². The number of aliphatic hydroxyl groups excluding tert-OH is 1. The van der Waals surface area contributed by atoms with Crippen LogP contribution in [0.1, 0.15) is 31.2 Å². The summed E-state index contributed by atoms with van der Waals surface area (Å²) >= 11 is 0. The lowest BCUT2D eigenvalue weighted by molar-refractivity contribution is 0.203. The summed E-state index contributed by atoms with van der Waals surface area (Å²) in [5.41, 5.74) is 7.41. The zero-order valence-corrected chi connectivity index (χ0v) is 9.02. The maximum atomic E-state index is 9.30. The molecule has 2 rings (SSSR count). The fourth-order valence-corrected chi connectivity index (χ4v) is 2.82. The molecule has 15 heavy (non-hydrogen) atoms. The minimum Gasteiger partial charge on any atom is -0.395 e. The van der Waals surface area contributed by atoms with E-state index >= 15 is 0 Å². The van der Waals surface area contributed by atoms with E-state index in [1.165, 1.54) is 18.4 Å². The zero-order valence-electron chi connectivity index (χ0n) is 9.02. The van der Waals surface area contributed by atoms with Crippen molar-refractivity contribution in [2.24, 2.45) is 5.73 Å². The highest BCUT2D eigenvalue weighted by atomic mass is 16.3. The summed E-state index contributed by atoms with van der Waals surface area (Å²) in [6.45, 7) is 0.0783. The number of benzene rings is 1. The van der Waals surface area contributed by atoms with Gasteiger partial charge in [0.2, 0.25) is 0 Å². The van der Waals surface area contributed by atoms with Gasteiger partial charge in [-0.3, -0.25) is 0 Å². The van der Waals surface area contributed by atoms with Crippen molar-refractivity contribution in [1.82, 2.24) is 0 Å². The van der Waals surface area contributed by atoms with E-state index < -0.39 is 0 Å². The van der Waals surface area contributed by atoms with Crippen LogP contribution in [0.25, 0.3) is 0 Å². The van der Waals surface area contributed by atoms with Crippen molar-refractivity contribution in [3.63, 3.8) is 0 Å². The number of nitrogens with two attached hydrogens (primary N) is 1. The Hall–Kier alpha value is -0.860. The summed E-state index contributed by atoms with van der Waals surface area (Å²) in [4.78, 5) is 0. The van der Waals surface area contributed by atoms with E-state index in [9.17, 15) is 5.11 Å². The quantitative estimate of drug-likeness (QED) is 0.790. The summed E-state index contributed by atoms with van der Waals surface area (Å²) in [7, 11) is 0. The molecule has 0 saturated heterocycles. The van der Waals surface area contributed by atoms with Gasteiger partial charge in [0, 0.05) is 11.5 Å². The third-order valence-electron chi connectivity index (χ3n) is 3.75. The van der Waals surface area contributed by atoms with Crippen LogP contribution in [0.15, 0.2) is 30.3 Å². The number of aliphatic hydroxyl groups is 1. The van der Waals surface area contributed by atoms with Gasteiger partial charge in [-0.1, -0.05) is 43.2 Å². The second-order valence-electron chi connectivity index (χ2n) is 4.52. The Kier molecular flexibility index (Phi) is 3.08. The van der Waals surface area contributed by atoms with Crippen LogP contribution in [0.4, 0.5) is 0 Å². The third kappa shape index (κ3) is 1.80. The maximum Gasteiger partial charge on any atom is 0.0591 e. The molecule has 0 aliphatic heterocycles. The Morgan fingerprint density at radius 1 is 1.20 bits per heavy atom. The Morgan fingerprint density at radius 3 is 2.33 bits per heavy atom. The van der Waals surface area contributed by atoms with Gasteiger partial charge in [-0.15, -0.1) is 0 Å². The fourth-order valence-electron chi connectivity index (χ4n) is 2.82. The third-order valence-corrected chi connectivity index (χ3v) is 3.75. The van der Waals surface area contributed by atoms with Crippen LogP contribution < -0.4 is 5.73 Å². The molecule has 82 valence electrons. The second-order valence-corrected chi connectivity index (χ2v) is 4.52. The fraction of sp³-hybridized carbons (Fsp3) is 0.538. The van der Waals surface area contributed by atoms with Crippen LogP contribution in [0.3, 0.4) is 0 Å². The Balaban J connectivity index is 2.35. The van der Waals surface area contributed by atoms with Crippen molar-refractivity contribution in [2.75, 3.05) is 6.61 Å². The van der Waals surface area contributed by atoms with Crippen molar-refractivity contribution in [1.29, 1.82) is 0 Å². The summed E-state index contributed by atoms with van der Waals surface area (Å²) < 4.78 is 0. The average molecular weight is 205 g/mol. The second kappa shape index (κ2) is 4.33. The van der Waals surface area contributed by atoms with Crippen LogP contribution in [0, 0.1) is 0 Å². The minimum absolute atomic E-state index is 0.0238. The summed E-state index contributed by atoms with van der Waals surface area (Å²) in [6, 6.07) is 10.3. The molecular formula is C13H19NO. The van der Waals surface area contributed by atoms with Crippen molar-refractivity contribution < 1.29 is 5.11 Å². The van der Waals surface area contributed by atoms with Crippen LogP contribution in [0.5, 0.6) is 0 Å². The molecule has 1 aromatic carbocycles. The minimum atomic E-state index is -0.123. The number of hydrogen-bond donors (Lipinski definition) is 2. The van der Waals surface area contributed by atoms with Crippen molar-refractivity contribution in [3.8, 4) is 0 Å². The van der Waals surface area contributed by atoms with Crippen molar-refractivity contribution >= 4 is 0 Å². The highest BCUT2D eigenvalue weighted by Gasteiger charge is 2.40. The molecule has 1 aliphatic rings. The van der Waals surface area contributed by atoms with Gasteiger partial charge in [-0.2, -0.15) is 0 Å². The Labute approximate surface area is 91.1 Å². The van der Waals surface area contributed by atoms with E-state index in [-0.39, 0.29) is 18.1 Å². The van der Waals surface area contributed by atoms with Crippen LogP contribution in [-0.2, 0) is 5.41 Å². The molecule has 0 aromatic heterocycles. The smallest absolute Gasteiger partial charge is 0.0591 e. The topological polar surface area (TPSA) is 46.2 Å². The molecule has 2 heteroatoms. The first-order valence-electron chi connectivity index (χ1n) is 5.71. The first-order valence-corrected chi connectivity index (χ1v) is 5.71. The van der Waals surface area contributed by atoms with Crippen LogP contribution in [-0.4, -0.2) is 17.8 Å². The molecule has 1 aromatic rings. The molecule has 0 heterocycles. The monoisotopic (exact) mass is 205 g/mol. The Morgan fingerprint density at radius 2 is 1.80 bits per heavy atom. The van der Waals surface area contributed by atoms with E-state index in [4.69, 9.17) is 5.73 Å². The standard InChI is InChI=1S/C13H19NO/c14-12(10-15)13(8-4-5-9-13)11-6-2-1-3-7-11/h1-3,6-7,12,15H,4-5,8-10,14H2/t12-/m0/s1.